The Morgan fingerprint density at radius 2 is 1.69 bits per heavy atom. The maximum Gasteiger partial charge on any atom is 0.407 e. The van der Waals surface area contributed by atoms with Crippen LogP contribution >= 0.6 is 0 Å². The summed E-state index contributed by atoms with van der Waals surface area (Å²) in [6, 6.07) is 19.6. The molecular weight excluding hydrogens is 697 g/mol. The van der Waals surface area contributed by atoms with Crippen LogP contribution in [-0.4, -0.2) is 71.4 Å². The van der Waals surface area contributed by atoms with Crippen LogP contribution in [0.15, 0.2) is 88.7 Å². The SMILES string of the molecule is COC(=O)N[C@H](C(=O)N1CCC[C@H]1c1ncc(-c2ccc(-c3ccc(C4=CN=C(C5C6CCC(C6)[C@@H]5C(=O)NCc5ccco5)C4)cc3)cc2)[nH]1)[C@@H](C)OC. The van der Waals surface area contributed by atoms with Gasteiger partial charge >= 0.3 is 6.09 Å². The van der Waals surface area contributed by atoms with Crippen molar-refractivity contribution in [3.05, 3.63) is 96.5 Å². The van der Waals surface area contributed by atoms with Crippen LogP contribution in [0.3, 0.4) is 0 Å². The van der Waals surface area contributed by atoms with E-state index >= 15 is 0 Å². The molecule has 0 radical (unpaired) electrons. The van der Waals surface area contributed by atoms with Crippen LogP contribution in [0.5, 0.6) is 0 Å². The fourth-order valence-electron chi connectivity index (χ4n) is 9.25. The molecule has 55 heavy (non-hydrogen) atoms. The van der Waals surface area contributed by atoms with E-state index in [0.717, 1.165) is 71.5 Å². The Morgan fingerprint density at radius 1 is 0.964 bits per heavy atom. The molecule has 2 bridgehead atoms. The molecule has 2 aliphatic heterocycles. The van der Waals surface area contributed by atoms with Crippen molar-refractivity contribution in [3.8, 4) is 22.4 Å². The van der Waals surface area contributed by atoms with Gasteiger partial charge in [0.05, 0.1) is 44.0 Å². The number of H-pyrrole nitrogens is 1. The molecule has 4 heterocycles. The number of carbonyl (C=O) groups is 3. The molecule has 2 aliphatic carbocycles. The zero-order valence-electron chi connectivity index (χ0n) is 31.5. The molecule has 3 N–H and O–H groups in total. The molecule has 2 saturated carbocycles. The van der Waals surface area contributed by atoms with E-state index in [4.69, 9.17) is 18.9 Å². The number of benzene rings is 2. The van der Waals surface area contributed by atoms with Crippen molar-refractivity contribution in [2.24, 2.45) is 28.7 Å². The summed E-state index contributed by atoms with van der Waals surface area (Å²) in [6.07, 6.45) is 9.99. The number of aliphatic imine (C=N–C) groups is 1. The molecule has 3 unspecified atom stereocenters. The van der Waals surface area contributed by atoms with Crippen LogP contribution < -0.4 is 10.6 Å². The van der Waals surface area contributed by atoms with E-state index in [0.29, 0.717) is 30.7 Å². The predicted octanol–water partition coefficient (Wildman–Crippen LogP) is 6.92. The fraction of sp³-hybridized carbons (Fsp3) is 0.419. The zero-order valence-corrected chi connectivity index (χ0v) is 31.5. The lowest BCUT2D eigenvalue weighted by atomic mass is 9.75. The van der Waals surface area contributed by atoms with Gasteiger partial charge in [-0.2, -0.15) is 0 Å². The Kier molecular flexibility index (Phi) is 10.4. The number of aromatic amines is 1. The first-order valence-electron chi connectivity index (χ1n) is 19.3. The number of likely N-dealkylation sites (tertiary alicyclic amines) is 1. The Hall–Kier alpha value is -5.49. The molecule has 7 atom stereocenters. The van der Waals surface area contributed by atoms with Gasteiger partial charge in [0.15, 0.2) is 0 Å². The molecule has 0 spiro atoms. The van der Waals surface area contributed by atoms with Gasteiger partial charge in [-0.15, -0.1) is 0 Å². The minimum Gasteiger partial charge on any atom is -0.467 e. The third-order valence-corrected chi connectivity index (χ3v) is 12.2. The third-order valence-electron chi connectivity index (χ3n) is 12.2. The van der Waals surface area contributed by atoms with Crippen LogP contribution in [0.1, 0.15) is 68.6 Å². The molecule has 3 fully saturated rings. The van der Waals surface area contributed by atoms with Crippen LogP contribution in [0, 0.1) is 23.7 Å². The van der Waals surface area contributed by atoms with Gasteiger partial charge in [0, 0.05) is 43.8 Å². The second kappa shape index (κ2) is 15.7. The first kappa shape index (κ1) is 36.5. The van der Waals surface area contributed by atoms with E-state index in [2.05, 4.69) is 69.1 Å². The summed E-state index contributed by atoms with van der Waals surface area (Å²) in [5.74, 6) is 2.48. The van der Waals surface area contributed by atoms with E-state index in [1.54, 1.807) is 24.3 Å². The quantitative estimate of drug-likeness (QED) is 0.142. The molecule has 12 heteroatoms. The van der Waals surface area contributed by atoms with E-state index < -0.39 is 18.2 Å². The first-order valence-corrected chi connectivity index (χ1v) is 19.3. The van der Waals surface area contributed by atoms with Crippen molar-refractivity contribution >= 4 is 29.2 Å². The molecule has 2 aromatic carbocycles. The maximum absolute atomic E-state index is 13.6. The number of fused-ring (bicyclic) bond motifs is 2. The summed E-state index contributed by atoms with van der Waals surface area (Å²) in [5, 5.41) is 5.77. The highest BCUT2D eigenvalue weighted by Crippen LogP contribution is 2.54. The van der Waals surface area contributed by atoms with Crippen LogP contribution in [0.2, 0.25) is 0 Å². The standard InChI is InChI=1S/C43H48N6O6/c1-25(53-2)39(48-43(52)54-3)42(51)49-18-4-7-36(49)40-45-24-35(47-40)29-14-12-27(13-15-29)26-8-10-28(11-9-26)32-21-34(44-22-32)37-30-16-17-31(20-30)38(37)41(50)46-23-33-6-5-19-55-33/h5-6,8-15,19,22,24-25,30-31,36-39H,4,7,16-18,20-21,23H2,1-3H3,(H,45,47)(H,46,50)(H,48,52)/t25-,30?,31?,36+,37?,38+,39+/m1/s1. The zero-order chi connectivity index (χ0) is 38.1. The number of furan rings is 1. The maximum atomic E-state index is 13.6. The normalized spacial score (nSPS) is 24.0. The van der Waals surface area contributed by atoms with Crippen molar-refractivity contribution in [3.63, 3.8) is 0 Å². The number of imidazole rings is 1. The number of carbonyl (C=O) groups excluding carboxylic acids is 3. The molecule has 4 aliphatic rings. The number of hydrogen-bond donors (Lipinski definition) is 3. The van der Waals surface area contributed by atoms with E-state index in [9.17, 15) is 14.4 Å². The van der Waals surface area contributed by atoms with Gasteiger partial charge in [0.2, 0.25) is 11.8 Å². The lowest BCUT2D eigenvalue weighted by Gasteiger charge is -2.30. The Morgan fingerprint density at radius 3 is 2.40 bits per heavy atom. The predicted molar refractivity (Wildman–Crippen MR) is 207 cm³/mol. The van der Waals surface area contributed by atoms with Gasteiger partial charge in [-0.05, 0) is 90.8 Å². The highest BCUT2D eigenvalue weighted by Gasteiger charge is 2.52. The lowest BCUT2D eigenvalue weighted by Crippen LogP contribution is -2.54. The molecule has 4 aromatic rings. The number of hydrogen-bond acceptors (Lipinski definition) is 8. The number of aromatic nitrogens is 2. The summed E-state index contributed by atoms with van der Waals surface area (Å²) < 4.78 is 15.6. The number of amides is 3. The molecule has 12 nitrogen and oxygen atoms in total. The number of nitrogens with one attached hydrogen (secondary N) is 3. The molecule has 8 rings (SSSR count). The topological polar surface area (TPSA) is 151 Å². The van der Waals surface area contributed by atoms with Gasteiger partial charge in [0.25, 0.3) is 0 Å². The number of methoxy groups -OCH3 is 2. The number of rotatable bonds is 12. The summed E-state index contributed by atoms with van der Waals surface area (Å²) in [4.78, 5) is 53.9. The van der Waals surface area contributed by atoms with E-state index in [1.165, 1.54) is 26.2 Å². The average Bonchev–Trinajstić information content (AvgIpc) is 4.08. The highest BCUT2D eigenvalue weighted by atomic mass is 16.5. The molecular formula is C43H48N6O6. The number of alkyl carbamates (subject to hydrolysis) is 1. The minimum atomic E-state index is -0.881. The van der Waals surface area contributed by atoms with Crippen LogP contribution in [0.25, 0.3) is 28.0 Å². The minimum absolute atomic E-state index is 0.0277. The van der Waals surface area contributed by atoms with E-state index in [-0.39, 0.29) is 29.7 Å². The Labute approximate surface area is 320 Å². The molecule has 3 amide bonds. The summed E-state index contributed by atoms with van der Waals surface area (Å²) in [7, 11) is 2.78. The number of allylic oxidation sites excluding steroid dienone is 1. The van der Waals surface area contributed by atoms with Gasteiger partial charge in [-0.3, -0.25) is 14.6 Å². The second-order valence-electron chi connectivity index (χ2n) is 15.2. The monoisotopic (exact) mass is 744 g/mol. The van der Waals surface area contributed by atoms with Gasteiger partial charge in [-0.25, -0.2) is 9.78 Å². The largest absolute Gasteiger partial charge is 0.467 e. The van der Waals surface area contributed by atoms with Crippen LogP contribution in [-0.2, 0) is 25.6 Å². The fourth-order valence-corrected chi connectivity index (χ4v) is 9.25. The van der Waals surface area contributed by atoms with Crippen molar-refractivity contribution < 1.29 is 28.3 Å². The molecule has 1 saturated heterocycles. The van der Waals surface area contributed by atoms with Gasteiger partial charge in [-0.1, -0.05) is 48.5 Å². The Bertz CT molecular complexity index is 2070. The average molecular weight is 745 g/mol. The number of nitrogens with zero attached hydrogens (tertiary/aromatic N) is 3. The van der Waals surface area contributed by atoms with Crippen molar-refractivity contribution in [2.75, 3.05) is 20.8 Å². The molecule has 2 aromatic heterocycles. The van der Waals surface area contributed by atoms with Crippen molar-refractivity contribution in [1.82, 2.24) is 25.5 Å². The smallest absolute Gasteiger partial charge is 0.407 e. The summed E-state index contributed by atoms with van der Waals surface area (Å²) >= 11 is 0. The van der Waals surface area contributed by atoms with Gasteiger partial charge < -0.3 is 34.4 Å². The Balaban J connectivity index is 0.892. The highest BCUT2D eigenvalue weighted by molar-refractivity contribution is 6.02. The van der Waals surface area contributed by atoms with Crippen molar-refractivity contribution in [2.45, 2.75) is 70.2 Å². The first-order chi connectivity index (χ1) is 26.8. The summed E-state index contributed by atoms with van der Waals surface area (Å²) in [5.41, 5.74) is 7.55. The lowest BCUT2D eigenvalue weighted by molar-refractivity contribution is -0.137. The second-order valence-corrected chi connectivity index (χ2v) is 15.2. The van der Waals surface area contributed by atoms with Gasteiger partial charge in [0.1, 0.15) is 17.6 Å². The molecule has 286 valence electrons. The van der Waals surface area contributed by atoms with Crippen LogP contribution in [0.4, 0.5) is 4.79 Å². The third kappa shape index (κ3) is 7.35. The number of ether oxygens (including phenoxy) is 2. The summed E-state index contributed by atoms with van der Waals surface area (Å²) in [6.45, 7) is 2.72. The van der Waals surface area contributed by atoms with E-state index in [1.807, 2.05) is 18.3 Å². The van der Waals surface area contributed by atoms with Crippen molar-refractivity contribution in [1.29, 1.82) is 0 Å².